The molecule has 0 aromatic heterocycles. The number of unbranched alkanes of at least 4 members (excludes halogenated alkanes) is 3. The molecule has 1 fully saturated rings. The van der Waals surface area contributed by atoms with Gasteiger partial charge in [0.05, 0.1) is 41.3 Å². The Hall–Kier alpha value is -12.2. The molecule has 5 aliphatic rings. The number of aryl methyl sites for hydroxylation is 1. The number of fused-ring (bicyclic) bond motifs is 3. The van der Waals surface area contributed by atoms with Crippen molar-refractivity contribution < 1.29 is 103 Å². The molecule has 0 spiro atoms. The lowest BCUT2D eigenvalue weighted by atomic mass is 9.79. The number of hydrogen-bond donors (Lipinski definition) is 13. The molecule has 0 saturated heterocycles. The minimum absolute atomic E-state index is 0.0354. The number of Topliss-reactive ketones (excluding diaryl/α,β-unsaturated/α-hetero) is 2. The number of rotatable bonds is 44. The summed E-state index contributed by atoms with van der Waals surface area (Å²) in [5.74, 6) is -12.0. The van der Waals surface area contributed by atoms with Crippen LogP contribution in [0, 0.1) is 18.3 Å². The monoisotopic (exact) mass is 1860 g/mol. The lowest BCUT2D eigenvalue weighted by molar-refractivity contribution is -0.438. The van der Waals surface area contributed by atoms with E-state index >= 15 is 0 Å². The van der Waals surface area contributed by atoms with E-state index in [0.717, 1.165) is 106 Å². The summed E-state index contributed by atoms with van der Waals surface area (Å²) in [5, 5.41) is 48.2. The predicted octanol–water partition coefficient (Wildman–Crippen LogP) is 11.9. The molecule has 14 N–H and O–H groups in total. The fourth-order valence-electron chi connectivity index (χ4n) is 17.9. The van der Waals surface area contributed by atoms with Crippen LogP contribution in [0.3, 0.4) is 0 Å². The number of carboxylic acids is 3. The van der Waals surface area contributed by atoms with Gasteiger partial charge in [0, 0.05) is 114 Å². The molecule has 3 aliphatic heterocycles. The first-order valence-electron chi connectivity index (χ1n) is 45.2. The van der Waals surface area contributed by atoms with E-state index in [4.69, 9.17) is 5.73 Å². The van der Waals surface area contributed by atoms with Gasteiger partial charge in [-0.1, -0.05) is 132 Å². The van der Waals surface area contributed by atoms with E-state index in [2.05, 4.69) is 122 Å². The molecule has 5 aromatic carbocycles. The second-order valence-corrected chi connectivity index (χ2v) is 39.8. The largest absolute Gasteiger partial charge is 0.481 e. The normalized spacial score (nSPS) is 17.7. The zero-order valence-corrected chi connectivity index (χ0v) is 77.8. The molecule has 35 heteroatoms. The van der Waals surface area contributed by atoms with E-state index in [1.807, 2.05) is 55.5 Å². The van der Waals surface area contributed by atoms with E-state index in [1.54, 1.807) is 45.0 Å². The van der Waals surface area contributed by atoms with Crippen LogP contribution in [0.5, 0.6) is 0 Å². The van der Waals surface area contributed by atoms with Gasteiger partial charge in [0.15, 0.2) is 17.3 Å². The van der Waals surface area contributed by atoms with Crippen molar-refractivity contribution in [1.29, 1.82) is 0 Å². The Morgan fingerprint density at radius 2 is 1.25 bits per heavy atom. The summed E-state index contributed by atoms with van der Waals surface area (Å²) < 4.78 is 68.6. The SMILES string of the molecule is Cc1ccc2c(c1)C(C)(C)C(/C=C/C1=C(c3ccc(C(=O)NCCCC[C@H](NC(=O)C(CC(=O)O)NC(=O)C(CCCNC(N)=O)NC(=O)C(CCC(=O)O)CC(=O)c4cccc(NC(=O)N[C@@H]5CN(C6CCCCC6)c6ccccc6N(CC(=O)C(C)(C)C)C5=O)c4)C(=O)O)cc3)C(=C/C=C3/N(CCCCS(=O)(=O)O)c4ccccc4C3(C)C)/CCC1)=[N+]2CCCCS(=O)(=O)O. The first kappa shape index (κ1) is 102. The van der Waals surface area contributed by atoms with E-state index in [9.17, 15) is 98.8 Å². The number of carboxylic acid groups (broad SMARTS) is 3. The molecule has 3 unspecified atom stereocenters. The van der Waals surface area contributed by atoms with Gasteiger partial charge in [0.2, 0.25) is 23.4 Å². The van der Waals surface area contributed by atoms with Gasteiger partial charge < -0.3 is 73.0 Å². The Morgan fingerprint density at radius 1 is 0.606 bits per heavy atom. The van der Waals surface area contributed by atoms with Crippen LogP contribution in [0.25, 0.3) is 5.57 Å². The van der Waals surface area contributed by atoms with Gasteiger partial charge in [-0.3, -0.25) is 52.3 Å². The van der Waals surface area contributed by atoms with Crippen molar-refractivity contribution in [1.82, 2.24) is 31.9 Å². The molecular formula is C97H125N12O21S2+. The van der Waals surface area contributed by atoms with Crippen molar-refractivity contribution in [3.8, 4) is 0 Å². The fourth-order valence-corrected chi connectivity index (χ4v) is 19.0. The van der Waals surface area contributed by atoms with Gasteiger partial charge in [-0.25, -0.2) is 14.4 Å². The Balaban J connectivity index is 0.803. The number of carbonyl (C=O) groups excluding carboxylic acids is 9. The smallest absolute Gasteiger partial charge is 0.326 e. The van der Waals surface area contributed by atoms with Crippen molar-refractivity contribution in [2.45, 2.75) is 231 Å². The van der Waals surface area contributed by atoms with Gasteiger partial charge in [-0.05, 0) is 193 Å². The van der Waals surface area contributed by atoms with Gasteiger partial charge in [0.1, 0.15) is 30.7 Å². The predicted molar refractivity (Wildman–Crippen MR) is 502 cm³/mol. The highest BCUT2D eigenvalue weighted by molar-refractivity contribution is 7.86. The van der Waals surface area contributed by atoms with Crippen molar-refractivity contribution >= 4 is 131 Å². The topological polar surface area (TPSA) is 497 Å². The first-order chi connectivity index (χ1) is 62.4. The zero-order chi connectivity index (χ0) is 96.2. The summed E-state index contributed by atoms with van der Waals surface area (Å²) in [6, 6.07) is 26.2. The minimum atomic E-state index is -4.18. The number of urea groups is 2. The number of para-hydroxylation sites is 3. The third-order valence-corrected chi connectivity index (χ3v) is 26.6. The lowest BCUT2D eigenvalue weighted by Gasteiger charge is -2.37. The number of aliphatic carboxylic acids is 3. The Morgan fingerprint density at radius 3 is 1.92 bits per heavy atom. The molecule has 0 radical (unpaired) electrons. The van der Waals surface area contributed by atoms with Gasteiger partial charge in [-0.15, -0.1) is 0 Å². The molecule has 132 heavy (non-hydrogen) atoms. The molecule has 710 valence electrons. The van der Waals surface area contributed by atoms with E-state index < -0.39 is 158 Å². The molecule has 5 aromatic rings. The van der Waals surface area contributed by atoms with E-state index in [-0.39, 0.29) is 106 Å². The second-order valence-electron chi connectivity index (χ2n) is 36.7. The maximum atomic E-state index is 14.7. The summed E-state index contributed by atoms with van der Waals surface area (Å²) in [5.41, 5.74) is 16.1. The fraction of sp³-hybridized carbons (Fsp3) is 0.474. The number of hydrogen-bond acceptors (Lipinski definition) is 18. The second kappa shape index (κ2) is 45.3. The number of amides is 9. The minimum Gasteiger partial charge on any atom is -0.481 e. The van der Waals surface area contributed by atoms with Crippen LogP contribution in [0.4, 0.5) is 38.0 Å². The number of primary amides is 1. The molecule has 3 heterocycles. The number of allylic oxidation sites excluding steroid dienone is 8. The summed E-state index contributed by atoms with van der Waals surface area (Å²) in [6.45, 7) is 16.6. The third-order valence-electron chi connectivity index (χ3n) is 25.0. The third kappa shape index (κ3) is 27.7. The number of carbonyl (C=O) groups is 12. The quantitative estimate of drug-likeness (QED) is 0.00745. The summed E-state index contributed by atoms with van der Waals surface area (Å²) >= 11 is 0. The van der Waals surface area contributed by atoms with Crippen LogP contribution in [0.15, 0.2) is 156 Å². The Labute approximate surface area is 770 Å². The molecule has 0 bridgehead atoms. The summed E-state index contributed by atoms with van der Waals surface area (Å²) in [4.78, 5) is 168. The number of benzene rings is 5. The Kier molecular flexibility index (Phi) is 35.0. The van der Waals surface area contributed by atoms with E-state index in [0.29, 0.717) is 50.0 Å². The standard InChI is InChI=1S/C97H124N12O21S2/c1-61-37-45-77-71(55-61)97(7,8)82(107(77)52-19-21-54-132(128,129)130)47-43-63-26-22-25-62(42-46-81-96(5,6)70-31-12-13-34-76(70)106(81)51-18-20-53-131(125,126)127)86(63)64-38-40-65(41-39-64)87(116)99-49-17-16-32-73(92(121)122)103-90(119)74(58-85(114)115)104-89(118)72(33-24-50-100-93(98)123)102-88(117)67(44-48-84(112)113)57-80(110)66-27-23-28-68(56-66)101-94(124)105-75-59-108(69-29-10-9-11-30-69)78-35-14-15-36-79(78)109(91(75)120)60-83(111)95(2,3)4/h12-15,23,27-28,31,34-43,45-47,55-56,67,69,72-75H,9-11,16-22,24-26,29-30,32-33,44,48-54,57-60H2,1-8H3,(H13-,98,99,100,101,102,103,104,105,112,113,114,115,116,117,118,119,121,122,123,124,125,126,127,128,129,130)/p+1/t67?,72?,73-,74?,75+/m0/s1. The highest BCUT2D eigenvalue weighted by Crippen LogP contribution is 2.49. The first-order valence-corrected chi connectivity index (χ1v) is 48.4. The number of nitrogens with two attached hydrogens (primary N) is 1. The Bertz CT molecular complexity index is 5570. The zero-order valence-electron chi connectivity index (χ0n) is 76.2. The van der Waals surface area contributed by atoms with Crippen molar-refractivity contribution in [3.63, 3.8) is 0 Å². The van der Waals surface area contributed by atoms with Crippen LogP contribution in [-0.4, -0.2) is 204 Å². The van der Waals surface area contributed by atoms with Gasteiger partial charge in [-0.2, -0.15) is 21.4 Å². The maximum Gasteiger partial charge on any atom is 0.326 e. The highest BCUT2D eigenvalue weighted by atomic mass is 32.2. The summed E-state index contributed by atoms with van der Waals surface area (Å²) in [7, 11) is -8.35. The average molecular weight is 1860 g/mol. The molecule has 2 aliphatic carbocycles. The van der Waals surface area contributed by atoms with E-state index in [1.165, 1.54) is 29.2 Å². The molecular weight excluding hydrogens is 1730 g/mol. The molecule has 10 rings (SSSR count). The van der Waals surface area contributed by atoms with Crippen molar-refractivity contribution in [2.75, 3.05) is 70.8 Å². The van der Waals surface area contributed by atoms with Crippen LogP contribution in [-0.2, 0) is 69.4 Å². The van der Waals surface area contributed by atoms with Crippen LogP contribution in [0.2, 0.25) is 0 Å². The number of ketones is 2. The number of nitrogens with one attached hydrogen (secondary N) is 7. The van der Waals surface area contributed by atoms with Crippen molar-refractivity contribution in [2.24, 2.45) is 17.1 Å². The van der Waals surface area contributed by atoms with Gasteiger partial charge in [0.25, 0.3) is 32.1 Å². The molecule has 1 saturated carbocycles. The molecule has 9 amide bonds. The summed E-state index contributed by atoms with van der Waals surface area (Å²) in [6.07, 6.45) is 13.5. The van der Waals surface area contributed by atoms with Crippen LogP contribution < -0.4 is 57.7 Å². The molecule has 33 nitrogen and oxygen atoms in total. The van der Waals surface area contributed by atoms with Crippen LogP contribution >= 0.6 is 0 Å². The average Bonchev–Trinajstić information content (AvgIpc) is 1.58. The maximum absolute atomic E-state index is 14.7. The van der Waals surface area contributed by atoms with Gasteiger partial charge >= 0.3 is 30.0 Å². The highest BCUT2D eigenvalue weighted by Gasteiger charge is 2.46. The van der Waals surface area contributed by atoms with Crippen LogP contribution in [0.1, 0.15) is 226 Å². The number of nitrogens with zero attached hydrogens (tertiary/aromatic N) is 4. The number of anilines is 4. The van der Waals surface area contributed by atoms with Crippen molar-refractivity contribution in [3.05, 3.63) is 190 Å². The lowest BCUT2D eigenvalue weighted by Crippen LogP contribution is -2.56. The molecule has 5 atom stereocenters.